The Morgan fingerprint density at radius 3 is 2.89 bits per heavy atom. The van der Waals surface area contributed by atoms with Gasteiger partial charge in [-0.1, -0.05) is 19.3 Å². The molecule has 1 aliphatic rings. The zero-order chi connectivity index (χ0) is 13.5. The Hall–Kier alpha value is -1.13. The Morgan fingerprint density at radius 1 is 1.37 bits per heavy atom. The fourth-order valence-corrected chi connectivity index (χ4v) is 2.60. The van der Waals surface area contributed by atoms with E-state index in [1.807, 2.05) is 12.1 Å². The van der Waals surface area contributed by atoms with Crippen molar-refractivity contribution in [3.63, 3.8) is 0 Å². The highest BCUT2D eigenvalue weighted by Crippen LogP contribution is 2.25. The molecule has 0 aromatic carbocycles. The summed E-state index contributed by atoms with van der Waals surface area (Å²) in [6, 6.07) is 3.63. The summed E-state index contributed by atoms with van der Waals surface area (Å²) in [5.74, 6) is 1.32. The van der Waals surface area contributed by atoms with Crippen molar-refractivity contribution >= 4 is 0 Å². The summed E-state index contributed by atoms with van der Waals surface area (Å²) in [4.78, 5) is 4.23. The number of rotatable bonds is 6. The Kier molecular flexibility index (Phi) is 5.61. The van der Waals surface area contributed by atoms with Crippen molar-refractivity contribution in [1.29, 1.82) is 0 Å². The monoisotopic (exact) mass is 264 g/mol. The summed E-state index contributed by atoms with van der Waals surface area (Å²) in [5.41, 5.74) is 6.94. The zero-order valence-corrected chi connectivity index (χ0v) is 11.4. The lowest BCUT2D eigenvalue weighted by Crippen LogP contribution is -2.16. The number of pyridine rings is 1. The lowest BCUT2D eigenvalue weighted by molar-refractivity contribution is 0.202. The Balaban J connectivity index is 1.87. The fourth-order valence-electron chi connectivity index (χ4n) is 2.60. The van der Waals surface area contributed by atoms with E-state index in [2.05, 4.69) is 4.98 Å². The number of hydrogen-bond acceptors (Lipinski definition) is 4. The summed E-state index contributed by atoms with van der Waals surface area (Å²) >= 11 is 0. The molecule has 0 saturated heterocycles. The number of aliphatic hydroxyl groups is 1. The second-order valence-corrected chi connectivity index (χ2v) is 5.36. The van der Waals surface area contributed by atoms with Gasteiger partial charge >= 0.3 is 0 Å². The van der Waals surface area contributed by atoms with Crippen LogP contribution in [0.4, 0.5) is 0 Å². The maximum Gasteiger partial charge on any atom is 0.213 e. The largest absolute Gasteiger partial charge is 0.477 e. The Morgan fingerprint density at radius 2 is 2.16 bits per heavy atom. The summed E-state index contributed by atoms with van der Waals surface area (Å²) in [6.45, 7) is 0.855. The van der Waals surface area contributed by atoms with Gasteiger partial charge in [-0.15, -0.1) is 0 Å². The van der Waals surface area contributed by atoms with Gasteiger partial charge in [0.25, 0.3) is 0 Å². The highest BCUT2D eigenvalue weighted by Gasteiger charge is 2.14. The van der Waals surface area contributed by atoms with E-state index in [1.165, 1.54) is 32.1 Å². The SMILES string of the molecule is NC(CCO)c1ccnc(OCC2CCCCC2)c1. The third-order valence-electron chi connectivity index (χ3n) is 3.82. The van der Waals surface area contributed by atoms with Crippen molar-refractivity contribution in [2.75, 3.05) is 13.2 Å². The van der Waals surface area contributed by atoms with Crippen molar-refractivity contribution in [3.05, 3.63) is 23.9 Å². The minimum atomic E-state index is -0.148. The van der Waals surface area contributed by atoms with E-state index in [4.69, 9.17) is 15.6 Å². The van der Waals surface area contributed by atoms with Gasteiger partial charge in [0.05, 0.1) is 6.61 Å². The molecule has 0 aliphatic heterocycles. The van der Waals surface area contributed by atoms with Crippen LogP contribution < -0.4 is 10.5 Å². The number of hydrogen-bond donors (Lipinski definition) is 2. The summed E-state index contributed by atoms with van der Waals surface area (Å²) < 4.78 is 5.79. The summed E-state index contributed by atoms with van der Waals surface area (Å²) in [5, 5.41) is 8.91. The molecule has 106 valence electrons. The molecule has 0 amide bonds. The van der Waals surface area contributed by atoms with E-state index in [9.17, 15) is 0 Å². The lowest BCUT2D eigenvalue weighted by atomic mass is 9.90. The average molecular weight is 264 g/mol. The highest BCUT2D eigenvalue weighted by molar-refractivity contribution is 5.23. The van der Waals surface area contributed by atoms with Crippen LogP contribution in [0, 0.1) is 5.92 Å². The molecule has 0 bridgehead atoms. The number of aliphatic hydroxyl groups excluding tert-OH is 1. The van der Waals surface area contributed by atoms with Gasteiger partial charge in [0.1, 0.15) is 0 Å². The average Bonchev–Trinajstić information content (AvgIpc) is 2.47. The van der Waals surface area contributed by atoms with Crippen LogP contribution in [0.3, 0.4) is 0 Å². The van der Waals surface area contributed by atoms with Crippen molar-refractivity contribution < 1.29 is 9.84 Å². The van der Waals surface area contributed by atoms with Crippen LogP contribution >= 0.6 is 0 Å². The van der Waals surface area contributed by atoms with Crippen LogP contribution in [0.15, 0.2) is 18.3 Å². The molecule has 0 radical (unpaired) electrons. The molecule has 1 aromatic rings. The third kappa shape index (κ3) is 4.48. The van der Waals surface area contributed by atoms with E-state index in [0.29, 0.717) is 18.2 Å². The van der Waals surface area contributed by atoms with E-state index >= 15 is 0 Å². The quantitative estimate of drug-likeness (QED) is 0.828. The van der Waals surface area contributed by atoms with Crippen LogP contribution in [-0.2, 0) is 0 Å². The van der Waals surface area contributed by atoms with Crippen LogP contribution in [0.2, 0.25) is 0 Å². The van der Waals surface area contributed by atoms with Gasteiger partial charge in [0, 0.05) is 24.9 Å². The predicted molar refractivity (Wildman–Crippen MR) is 74.9 cm³/mol. The first-order valence-corrected chi connectivity index (χ1v) is 7.25. The maximum atomic E-state index is 8.91. The molecule has 1 aliphatic carbocycles. The normalized spacial score (nSPS) is 18.2. The molecule has 1 heterocycles. The third-order valence-corrected chi connectivity index (χ3v) is 3.82. The van der Waals surface area contributed by atoms with Gasteiger partial charge in [0.2, 0.25) is 5.88 Å². The van der Waals surface area contributed by atoms with Crippen LogP contribution in [0.25, 0.3) is 0 Å². The van der Waals surface area contributed by atoms with E-state index in [-0.39, 0.29) is 12.6 Å². The molecule has 4 heteroatoms. The van der Waals surface area contributed by atoms with Crippen LogP contribution in [-0.4, -0.2) is 23.3 Å². The van der Waals surface area contributed by atoms with Gasteiger partial charge in [-0.2, -0.15) is 0 Å². The smallest absolute Gasteiger partial charge is 0.213 e. The number of ether oxygens (including phenoxy) is 1. The zero-order valence-electron chi connectivity index (χ0n) is 11.4. The lowest BCUT2D eigenvalue weighted by Gasteiger charge is -2.21. The molecule has 19 heavy (non-hydrogen) atoms. The first-order chi connectivity index (χ1) is 9.29. The second kappa shape index (κ2) is 7.46. The molecule has 1 atom stereocenters. The van der Waals surface area contributed by atoms with Crippen LogP contribution in [0.1, 0.15) is 50.1 Å². The summed E-state index contributed by atoms with van der Waals surface area (Å²) in [7, 11) is 0. The first-order valence-electron chi connectivity index (χ1n) is 7.25. The van der Waals surface area contributed by atoms with Gasteiger partial charge in [0.15, 0.2) is 0 Å². The summed E-state index contributed by atoms with van der Waals surface area (Å²) in [6.07, 6.45) is 8.83. The molecule has 4 nitrogen and oxygen atoms in total. The number of nitrogens with zero attached hydrogens (tertiary/aromatic N) is 1. The standard InChI is InChI=1S/C15H24N2O2/c16-14(7-9-18)13-6-8-17-15(10-13)19-11-12-4-2-1-3-5-12/h6,8,10,12,14,18H,1-5,7,9,11,16H2. The number of nitrogens with two attached hydrogens (primary N) is 1. The van der Waals surface area contributed by atoms with Crippen molar-refractivity contribution in [1.82, 2.24) is 4.98 Å². The number of aromatic nitrogens is 1. The van der Waals surface area contributed by atoms with E-state index in [1.54, 1.807) is 6.20 Å². The molecule has 0 spiro atoms. The fraction of sp³-hybridized carbons (Fsp3) is 0.667. The first kappa shape index (κ1) is 14.3. The molecular formula is C15H24N2O2. The molecule has 1 aromatic heterocycles. The topological polar surface area (TPSA) is 68.4 Å². The molecule has 3 N–H and O–H groups in total. The van der Waals surface area contributed by atoms with Gasteiger partial charge in [-0.25, -0.2) is 4.98 Å². The molecule has 2 rings (SSSR count). The van der Waals surface area contributed by atoms with E-state index in [0.717, 1.165) is 12.2 Å². The van der Waals surface area contributed by atoms with Crippen molar-refractivity contribution in [2.45, 2.75) is 44.6 Å². The van der Waals surface area contributed by atoms with Crippen molar-refractivity contribution in [3.8, 4) is 5.88 Å². The highest BCUT2D eigenvalue weighted by atomic mass is 16.5. The molecule has 1 fully saturated rings. The minimum absolute atomic E-state index is 0.0990. The molecule has 1 saturated carbocycles. The predicted octanol–water partition coefficient (Wildman–Crippen LogP) is 2.42. The van der Waals surface area contributed by atoms with Gasteiger partial charge < -0.3 is 15.6 Å². The van der Waals surface area contributed by atoms with E-state index < -0.39 is 0 Å². The van der Waals surface area contributed by atoms with Gasteiger partial charge in [-0.05, 0) is 36.8 Å². The van der Waals surface area contributed by atoms with Gasteiger partial charge in [-0.3, -0.25) is 0 Å². The Labute approximate surface area is 115 Å². The van der Waals surface area contributed by atoms with Crippen molar-refractivity contribution in [2.24, 2.45) is 11.7 Å². The second-order valence-electron chi connectivity index (χ2n) is 5.36. The maximum absolute atomic E-state index is 8.91. The van der Waals surface area contributed by atoms with Crippen LogP contribution in [0.5, 0.6) is 5.88 Å². The minimum Gasteiger partial charge on any atom is -0.477 e. The molecular weight excluding hydrogens is 240 g/mol. The molecule has 1 unspecified atom stereocenters. The Bertz CT molecular complexity index is 378.